The first-order valence-corrected chi connectivity index (χ1v) is 13.7. The molecule has 2 fully saturated rings. The van der Waals surface area contributed by atoms with Gasteiger partial charge in [0.25, 0.3) is 0 Å². The molecule has 2 aromatic rings. The van der Waals surface area contributed by atoms with Crippen LogP contribution in [0.1, 0.15) is 60.8 Å². The Labute approximate surface area is 236 Å². The van der Waals surface area contributed by atoms with Crippen molar-refractivity contribution in [3.05, 3.63) is 28.9 Å². The Hall–Kier alpha value is -3.02. The fourth-order valence-electron chi connectivity index (χ4n) is 4.94. The molecule has 0 N–H and O–H groups in total. The van der Waals surface area contributed by atoms with Crippen LogP contribution in [-0.4, -0.2) is 74.9 Å². The van der Waals surface area contributed by atoms with Crippen molar-refractivity contribution in [3.63, 3.8) is 0 Å². The van der Waals surface area contributed by atoms with Gasteiger partial charge in [0.1, 0.15) is 23.1 Å². The van der Waals surface area contributed by atoms with Gasteiger partial charge >= 0.3 is 12.2 Å². The van der Waals surface area contributed by atoms with Crippen molar-refractivity contribution in [1.29, 1.82) is 0 Å². The van der Waals surface area contributed by atoms with Gasteiger partial charge < -0.3 is 19.1 Å². The van der Waals surface area contributed by atoms with Crippen molar-refractivity contribution in [2.75, 3.05) is 11.9 Å². The van der Waals surface area contributed by atoms with Crippen molar-refractivity contribution in [1.82, 2.24) is 20.1 Å². The summed E-state index contributed by atoms with van der Waals surface area (Å²) in [5.74, 6) is 0.828. The van der Waals surface area contributed by atoms with E-state index in [-0.39, 0.29) is 17.6 Å². The minimum Gasteiger partial charge on any atom is -0.444 e. The Kier molecular flexibility index (Phi) is 8.07. The lowest BCUT2D eigenvalue weighted by Gasteiger charge is -2.44. The molecule has 1 amide bonds. The highest BCUT2D eigenvalue weighted by Crippen LogP contribution is 2.41. The second-order valence-corrected chi connectivity index (χ2v) is 12.8. The lowest BCUT2D eigenvalue weighted by molar-refractivity contribution is -0.0104. The average Bonchev–Trinajstić information content (AvgIpc) is 3.16. The maximum atomic E-state index is 15.8. The third-order valence-electron chi connectivity index (χ3n) is 6.58. The number of piperidine rings is 1. The number of aromatic nitrogens is 3. The van der Waals surface area contributed by atoms with Crippen LogP contribution in [0.15, 0.2) is 28.9 Å². The molecule has 2 aliphatic rings. The molecule has 0 spiro atoms. The number of halogens is 2. The van der Waals surface area contributed by atoms with Gasteiger partial charge in [0.2, 0.25) is 0 Å². The van der Waals surface area contributed by atoms with Gasteiger partial charge in [-0.1, -0.05) is 15.9 Å². The molecule has 1 aromatic heterocycles. The maximum Gasteiger partial charge on any atom is 0.514 e. The largest absolute Gasteiger partial charge is 0.514 e. The molecule has 2 saturated heterocycles. The van der Waals surface area contributed by atoms with Gasteiger partial charge in [0.15, 0.2) is 11.6 Å². The third kappa shape index (κ3) is 6.77. The summed E-state index contributed by atoms with van der Waals surface area (Å²) in [4.78, 5) is 32.8. The number of anilines is 1. The van der Waals surface area contributed by atoms with Crippen LogP contribution in [0.5, 0.6) is 5.75 Å². The highest BCUT2D eigenvalue weighted by molar-refractivity contribution is 9.10. The molecule has 0 unspecified atom stereocenters. The Morgan fingerprint density at radius 2 is 1.77 bits per heavy atom. The second-order valence-electron chi connectivity index (χ2n) is 11.9. The molecule has 3 heterocycles. The molecule has 12 heteroatoms. The predicted octanol–water partition coefficient (Wildman–Crippen LogP) is 5.93. The van der Waals surface area contributed by atoms with Crippen molar-refractivity contribution >= 4 is 34.0 Å². The Balaban J connectivity index is 1.50. The van der Waals surface area contributed by atoms with E-state index >= 15 is 4.39 Å². The first-order chi connectivity index (χ1) is 18.1. The van der Waals surface area contributed by atoms with E-state index in [0.29, 0.717) is 28.7 Å². The molecule has 0 radical (unpaired) electrons. The molecule has 0 aliphatic carbocycles. The van der Waals surface area contributed by atoms with Crippen LogP contribution in [0.25, 0.3) is 11.4 Å². The summed E-state index contributed by atoms with van der Waals surface area (Å²) in [5.41, 5.74) is -0.923. The molecule has 2 bridgehead atoms. The summed E-state index contributed by atoms with van der Waals surface area (Å²) < 4.78 is 32.7. The zero-order valence-corrected chi connectivity index (χ0v) is 24.9. The van der Waals surface area contributed by atoms with Gasteiger partial charge in [0.05, 0.1) is 23.8 Å². The van der Waals surface area contributed by atoms with Crippen LogP contribution >= 0.6 is 15.9 Å². The van der Waals surface area contributed by atoms with Crippen LogP contribution in [0.4, 0.5) is 19.8 Å². The van der Waals surface area contributed by atoms with E-state index in [1.54, 1.807) is 76.6 Å². The molecule has 10 nitrogen and oxygen atoms in total. The SMILES string of the molecule is CN(c1cnc(-c2ccc(Br)cc2OC(=O)OC(C)(C)C)nn1)[C@@H]1C[C@H]2CC[C@@H]([C@@H]1F)N2C(=O)OC(C)(C)C. The zero-order valence-electron chi connectivity index (χ0n) is 23.3. The molecule has 212 valence electrons. The first-order valence-electron chi connectivity index (χ1n) is 12.9. The van der Waals surface area contributed by atoms with Gasteiger partial charge in [-0.2, -0.15) is 0 Å². The highest BCUT2D eigenvalue weighted by atomic mass is 79.9. The number of amides is 1. The first kappa shape index (κ1) is 29.0. The number of ether oxygens (including phenoxy) is 3. The van der Waals surface area contributed by atoms with E-state index in [4.69, 9.17) is 14.2 Å². The molecule has 4 rings (SSSR count). The number of benzene rings is 1. The number of nitrogens with zero attached hydrogens (tertiary/aromatic N) is 5. The number of carbonyl (C=O) groups is 2. The Bertz CT molecular complexity index is 1220. The van der Waals surface area contributed by atoms with Crippen LogP contribution in [-0.2, 0) is 9.47 Å². The molecular formula is C27H35BrFN5O5. The minimum atomic E-state index is -1.29. The van der Waals surface area contributed by atoms with Crippen molar-refractivity contribution in [3.8, 4) is 17.1 Å². The molecule has 2 aliphatic heterocycles. The Morgan fingerprint density at radius 3 is 2.38 bits per heavy atom. The summed E-state index contributed by atoms with van der Waals surface area (Å²) in [5, 5.41) is 8.54. The normalized spacial score (nSPS) is 22.8. The predicted molar refractivity (Wildman–Crippen MR) is 146 cm³/mol. The van der Waals surface area contributed by atoms with Crippen LogP contribution < -0.4 is 9.64 Å². The van der Waals surface area contributed by atoms with Crippen molar-refractivity contribution in [2.45, 2.75) is 96.3 Å². The number of hydrogen-bond acceptors (Lipinski definition) is 9. The van der Waals surface area contributed by atoms with E-state index in [0.717, 1.165) is 6.42 Å². The standard InChI is InChI=1S/C27H35BrFN5O5/c1-26(2,3)38-24(35)34-16-9-11-18(34)22(29)19(13-16)33(7)21-14-30-23(32-31-21)17-10-8-15(28)12-20(17)37-25(36)39-27(4,5)6/h8,10,12,14,16,18-19,22H,9,11,13H2,1-7H3/t16-,18+,19-,22+/m1/s1. The molecular weight excluding hydrogens is 573 g/mol. The highest BCUT2D eigenvalue weighted by Gasteiger charge is 2.52. The lowest BCUT2D eigenvalue weighted by Crippen LogP contribution is -2.59. The van der Waals surface area contributed by atoms with Crippen LogP contribution in [0.3, 0.4) is 0 Å². The summed E-state index contributed by atoms with van der Waals surface area (Å²) in [6, 6.07) is 3.92. The zero-order chi connectivity index (χ0) is 28.7. The van der Waals surface area contributed by atoms with E-state index in [1.807, 2.05) is 0 Å². The van der Waals surface area contributed by atoms with Gasteiger partial charge in [-0.3, -0.25) is 4.90 Å². The Morgan fingerprint density at radius 1 is 1.08 bits per heavy atom. The van der Waals surface area contributed by atoms with Gasteiger partial charge in [-0.15, -0.1) is 10.2 Å². The van der Waals surface area contributed by atoms with Crippen molar-refractivity contribution < 1.29 is 28.2 Å². The quantitative estimate of drug-likeness (QED) is 0.308. The van der Waals surface area contributed by atoms with E-state index in [1.165, 1.54) is 6.20 Å². The minimum absolute atomic E-state index is 0.111. The van der Waals surface area contributed by atoms with Crippen LogP contribution in [0.2, 0.25) is 0 Å². The molecule has 1 aromatic carbocycles. The topological polar surface area (TPSA) is 107 Å². The molecule has 4 atom stereocenters. The fraction of sp³-hybridized carbons (Fsp3) is 0.593. The number of alkyl halides is 1. The monoisotopic (exact) mass is 607 g/mol. The van der Waals surface area contributed by atoms with Crippen molar-refractivity contribution in [2.24, 2.45) is 0 Å². The smallest absolute Gasteiger partial charge is 0.444 e. The number of fused-ring (bicyclic) bond motifs is 2. The molecule has 0 saturated carbocycles. The van der Waals surface area contributed by atoms with Crippen LogP contribution in [0, 0.1) is 0 Å². The van der Waals surface area contributed by atoms with E-state index < -0.39 is 41.7 Å². The summed E-state index contributed by atoms with van der Waals surface area (Å²) >= 11 is 3.38. The summed E-state index contributed by atoms with van der Waals surface area (Å²) in [7, 11) is 1.75. The number of rotatable bonds is 4. The van der Waals surface area contributed by atoms with Gasteiger partial charge in [-0.25, -0.2) is 19.0 Å². The van der Waals surface area contributed by atoms with Gasteiger partial charge in [0, 0.05) is 17.6 Å². The van der Waals surface area contributed by atoms with Gasteiger partial charge in [-0.05, 0) is 79.0 Å². The number of carbonyl (C=O) groups excluding carboxylic acids is 2. The maximum absolute atomic E-state index is 15.8. The molecule has 39 heavy (non-hydrogen) atoms. The van der Waals surface area contributed by atoms with E-state index in [2.05, 4.69) is 31.1 Å². The summed E-state index contributed by atoms with van der Waals surface area (Å²) in [6.45, 7) is 10.6. The second kappa shape index (κ2) is 10.9. The number of hydrogen-bond donors (Lipinski definition) is 0. The third-order valence-corrected chi connectivity index (χ3v) is 7.07. The average molecular weight is 609 g/mol. The fourth-order valence-corrected chi connectivity index (χ4v) is 5.28. The lowest BCUT2D eigenvalue weighted by atomic mass is 9.94. The van der Waals surface area contributed by atoms with E-state index in [9.17, 15) is 9.59 Å². The summed E-state index contributed by atoms with van der Waals surface area (Å²) in [6.07, 6.45) is 0.650.